The van der Waals surface area contributed by atoms with Gasteiger partial charge in [0, 0.05) is 17.3 Å². The second-order valence-corrected chi connectivity index (χ2v) is 8.13. The summed E-state index contributed by atoms with van der Waals surface area (Å²) in [6.45, 7) is 0.265. The highest BCUT2D eigenvalue weighted by atomic mass is 35.5. The minimum Gasteiger partial charge on any atom is -0.505 e. The zero-order valence-corrected chi connectivity index (χ0v) is 18.4. The van der Waals surface area contributed by atoms with Gasteiger partial charge in [-0.25, -0.2) is 9.50 Å². The molecule has 2 N–H and O–H groups in total. The maximum absolute atomic E-state index is 13.4. The van der Waals surface area contributed by atoms with Crippen LogP contribution in [0.4, 0.5) is 5.69 Å². The van der Waals surface area contributed by atoms with Crippen LogP contribution in [0.25, 0.3) is 16.4 Å². The van der Waals surface area contributed by atoms with Crippen LogP contribution in [-0.4, -0.2) is 30.2 Å². The normalized spacial score (nSPS) is 11.2. The van der Waals surface area contributed by atoms with Crippen LogP contribution in [0.3, 0.4) is 0 Å². The Kier molecular flexibility index (Phi) is 5.24. The topological polar surface area (TPSA) is 102 Å². The Morgan fingerprint density at radius 3 is 2.67 bits per heavy atom. The number of pyridine rings is 1. The molecule has 0 radical (unpaired) electrons. The number of nitrogens with zero attached hydrogens (tertiary/aromatic N) is 4. The molecule has 0 aliphatic heterocycles. The Bertz CT molecular complexity index is 1590. The van der Waals surface area contributed by atoms with E-state index in [9.17, 15) is 14.7 Å². The molecule has 3 heterocycles. The van der Waals surface area contributed by atoms with E-state index in [1.54, 1.807) is 28.9 Å². The van der Waals surface area contributed by atoms with Crippen molar-refractivity contribution in [2.45, 2.75) is 6.54 Å². The van der Waals surface area contributed by atoms with Crippen molar-refractivity contribution < 1.29 is 9.90 Å². The molecule has 0 fully saturated rings. The van der Waals surface area contributed by atoms with E-state index in [1.165, 1.54) is 23.0 Å². The summed E-state index contributed by atoms with van der Waals surface area (Å²) >= 11 is 11.9. The monoisotopic (exact) mass is 479 g/mol. The van der Waals surface area contributed by atoms with Gasteiger partial charge < -0.3 is 10.4 Å². The van der Waals surface area contributed by atoms with Crippen LogP contribution in [0.1, 0.15) is 15.9 Å². The van der Waals surface area contributed by atoms with Crippen molar-refractivity contribution in [1.82, 2.24) is 19.2 Å². The molecule has 0 spiro atoms. The SMILES string of the molecule is O=C(Nc1cccc2ncn(Cc3cnn4ccccc34)c(=O)c12)c1cc(Cl)c(O)c(Cl)c1. The minimum atomic E-state index is -0.538. The van der Waals surface area contributed by atoms with E-state index < -0.39 is 5.91 Å². The molecule has 8 nitrogen and oxygen atoms in total. The van der Waals surface area contributed by atoms with Crippen molar-refractivity contribution in [3.05, 3.63) is 98.8 Å². The van der Waals surface area contributed by atoms with Crippen molar-refractivity contribution in [3.63, 3.8) is 0 Å². The molecule has 1 amide bonds. The third-order valence-electron chi connectivity index (χ3n) is 5.23. The van der Waals surface area contributed by atoms with Gasteiger partial charge in [0.1, 0.15) is 0 Å². The number of phenolic OH excluding ortho intramolecular Hbond substituents is 1. The summed E-state index contributed by atoms with van der Waals surface area (Å²) in [5.74, 6) is -0.844. The Balaban J connectivity index is 1.54. The minimum absolute atomic E-state index is 0.0528. The molecule has 0 unspecified atom stereocenters. The van der Waals surface area contributed by atoms with Gasteiger partial charge in [-0.2, -0.15) is 5.10 Å². The number of anilines is 1. The van der Waals surface area contributed by atoms with Crippen LogP contribution >= 0.6 is 23.2 Å². The predicted octanol–water partition coefficient (Wildman–Crippen LogP) is 4.36. The number of hydrogen-bond acceptors (Lipinski definition) is 5. The van der Waals surface area contributed by atoms with Crippen molar-refractivity contribution in [2.75, 3.05) is 5.32 Å². The average molecular weight is 480 g/mol. The second kappa shape index (κ2) is 8.23. The van der Waals surface area contributed by atoms with E-state index in [4.69, 9.17) is 23.2 Å². The van der Waals surface area contributed by atoms with Gasteiger partial charge in [0.15, 0.2) is 5.75 Å². The smallest absolute Gasteiger partial charge is 0.263 e. The van der Waals surface area contributed by atoms with Crippen molar-refractivity contribution >= 4 is 51.2 Å². The number of hydrogen-bond donors (Lipinski definition) is 2. The molecule has 0 aliphatic rings. The summed E-state index contributed by atoms with van der Waals surface area (Å²) in [5, 5.41) is 16.9. The summed E-state index contributed by atoms with van der Waals surface area (Å²) < 4.78 is 3.20. The van der Waals surface area contributed by atoms with E-state index in [1.807, 2.05) is 24.4 Å². The molecule has 2 aromatic carbocycles. The van der Waals surface area contributed by atoms with Crippen molar-refractivity contribution in [2.24, 2.45) is 0 Å². The van der Waals surface area contributed by atoms with Gasteiger partial charge >= 0.3 is 0 Å². The van der Waals surface area contributed by atoms with Crippen LogP contribution in [0.5, 0.6) is 5.75 Å². The molecule has 10 heteroatoms. The maximum Gasteiger partial charge on any atom is 0.263 e. The molecule has 0 saturated carbocycles. The first-order valence-electron chi connectivity index (χ1n) is 9.81. The van der Waals surface area contributed by atoms with Gasteiger partial charge in [-0.1, -0.05) is 35.3 Å². The number of carbonyl (C=O) groups excluding carboxylic acids is 1. The molecule has 0 bridgehead atoms. The number of halogens is 2. The van der Waals surface area contributed by atoms with Crippen LogP contribution < -0.4 is 10.9 Å². The van der Waals surface area contributed by atoms with Gasteiger partial charge in [-0.05, 0) is 36.4 Å². The van der Waals surface area contributed by atoms with Crippen LogP contribution in [0.15, 0.2) is 72.0 Å². The standard InChI is InChI=1S/C23H15Cl2N5O3/c24-15-8-13(9-16(25)21(15)31)22(32)28-18-5-3-4-17-20(18)23(33)29(12-26-17)11-14-10-27-30-7-2-1-6-19(14)30/h1-10,12,31H,11H2,(H,28,32). The summed E-state index contributed by atoms with van der Waals surface area (Å²) in [7, 11) is 0. The third kappa shape index (κ3) is 3.79. The quantitative estimate of drug-likeness (QED) is 0.398. The Morgan fingerprint density at radius 2 is 1.88 bits per heavy atom. The highest BCUT2D eigenvalue weighted by Crippen LogP contribution is 2.33. The molecule has 0 saturated heterocycles. The van der Waals surface area contributed by atoms with E-state index in [0.29, 0.717) is 11.2 Å². The zero-order chi connectivity index (χ0) is 23.1. The molecular weight excluding hydrogens is 465 g/mol. The van der Waals surface area contributed by atoms with E-state index >= 15 is 0 Å². The first-order chi connectivity index (χ1) is 15.9. The fourth-order valence-corrected chi connectivity index (χ4v) is 4.09. The van der Waals surface area contributed by atoms with Gasteiger partial charge in [-0.15, -0.1) is 0 Å². The molecule has 5 rings (SSSR count). The van der Waals surface area contributed by atoms with Crippen LogP contribution in [0.2, 0.25) is 10.0 Å². The van der Waals surface area contributed by atoms with Crippen LogP contribution in [0, 0.1) is 0 Å². The number of benzene rings is 2. The lowest BCUT2D eigenvalue weighted by Crippen LogP contribution is -2.23. The molecule has 0 atom stereocenters. The first kappa shape index (κ1) is 21.0. The number of amides is 1. The van der Waals surface area contributed by atoms with Gasteiger partial charge in [0.2, 0.25) is 0 Å². The molecule has 164 valence electrons. The fraction of sp³-hybridized carbons (Fsp3) is 0.0435. The summed E-state index contributed by atoms with van der Waals surface area (Å²) in [5.41, 5.74) is 2.30. The van der Waals surface area contributed by atoms with Crippen LogP contribution in [-0.2, 0) is 6.54 Å². The third-order valence-corrected chi connectivity index (χ3v) is 5.80. The number of aromatic hydroxyl groups is 1. The number of rotatable bonds is 4. The maximum atomic E-state index is 13.4. The highest BCUT2D eigenvalue weighted by Gasteiger charge is 2.16. The number of nitrogens with one attached hydrogen (secondary N) is 1. The van der Waals surface area contributed by atoms with E-state index in [-0.39, 0.29) is 38.8 Å². The number of fused-ring (bicyclic) bond motifs is 2. The zero-order valence-electron chi connectivity index (χ0n) is 16.9. The number of carbonyl (C=O) groups is 1. The Hall–Kier alpha value is -3.88. The molecule has 33 heavy (non-hydrogen) atoms. The van der Waals surface area contributed by atoms with Gasteiger partial charge in [0.25, 0.3) is 11.5 Å². The lowest BCUT2D eigenvalue weighted by molar-refractivity contribution is 0.102. The van der Waals surface area contributed by atoms with Crippen molar-refractivity contribution in [3.8, 4) is 5.75 Å². The lowest BCUT2D eigenvalue weighted by atomic mass is 10.1. The number of phenols is 1. The molecule has 5 aromatic rings. The molecular formula is C23H15Cl2N5O3. The Morgan fingerprint density at radius 1 is 1.09 bits per heavy atom. The lowest BCUT2D eigenvalue weighted by Gasteiger charge is -2.11. The summed E-state index contributed by atoms with van der Waals surface area (Å²) in [6, 6.07) is 13.3. The largest absolute Gasteiger partial charge is 0.505 e. The fourth-order valence-electron chi connectivity index (χ4n) is 3.60. The summed E-state index contributed by atoms with van der Waals surface area (Å²) in [4.78, 5) is 30.6. The van der Waals surface area contributed by atoms with E-state index in [0.717, 1.165) is 11.1 Å². The highest BCUT2D eigenvalue weighted by molar-refractivity contribution is 6.37. The molecule has 0 aliphatic carbocycles. The van der Waals surface area contributed by atoms with Crippen molar-refractivity contribution in [1.29, 1.82) is 0 Å². The first-order valence-corrected chi connectivity index (χ1v) is 10.6. The van der Waals surface area contributed by atoms with E-state index in [2.05, 4.69) is 15.4 Å². The second-order valence-electron chi connectivity index (χ2n) is 7.32. The predicted molar refractivity (Wildman–Crippen MR) is 126 cm³/mol. The number of aromatic nitrogens is 4. The summed E-state index contributed by atoms with van der Waals surface area (Å²) in [6.07, 6.45) is 5.01. The van der Waals surface area contributed by atoms with Gasteiger partial charge in [-0.3, -0.25) is 14.2 Å². The average Bonchev–Trinajstić information content (AvgIpc) is 3.22. The molecule has 3 aromatic heterocycles. The Labute approximate surface area is 196 Å². The van der Waals surface area contributed by atoms with Gasteiger partial charge in [0.05, 0.1) is 51.2 Å².